The summed E-state index contributed by atoms with van der Waals surface area (Å²) in [6, 6.07) is 2.15. The minimum atomic E-state index is -0.187. The summed E-state index contributed by atoms with van der Waals surface area (Å²) < 4.78 is 0. The van der Waals surface area contributed by atoms with Crippen molar-refractivity contribution in [2.75, 3.05) is 11.9 Å². The third-order valence-electron chi connectivity index (χ3n) is 2.90. The van der Waals surface area contributed by atoms with Gasteiger partial charge in [0, 0.05) is 25.3 Å². The van der Waals surface area contributed by atoms with Gasteiger partial charge in [0.15, 0.2) is 0 Å². The Balaban J connectivity index is 2.36. The summed E-state index contributed by atoms with van der Waals surface area (Å²) in [5.74, 6) is -0.151. The van der Waals surface area contributed by atoms with Crippen molar-refractivity contribution in [2.24, 2.45) is 0 Å². The van der Waals surface area contributed by atoms with Crippen molar-refractivity contribution in [1.82, 2.24) is 4.90 Å². The van der Waals surface area contributed by atoms with Crippen molar-refractivity contribution in [3.05, 3.63) is 16.0 Å². The van der Waals surface area contributed by atoms with Crippen LogP contribution in [0.4, 0.5) is 5.00 Å². The lowest BCUT2D eigenvalue weighted by atomic mass is 10.0. The lowest BCUT2D eigenvalue weighted by molar-refractivity contribution is -0.129. The summed E-state index contributed by atoms with van der Waals surface area (Å²) in [5, 5.41) is 12.5. The summed E-state index contributed by atoms with van der Waals surface area (Å²) in [5.41, 5.74) is 1.53. The number of rotatable bonds is 1. The van der Waals surface area contributed by atoms with E-state index < -0.39 is 0 Å². The van der Waals surface area contributed by atoms with E-state index in [0.717, 1.165) is 10.4 Å². The highest BCUT2D eigenvalue weighted by atomic mass is 32.1. The average molecular weight is 263 g/mol. The molecule has 6 heteroatoms. The van der Waals surface area contributed by atoms with E-state index in [9.17, 15) is 14.9 Å². The van der Waals surface area contributed by atoms with Gasteiger partial charge in [-0.25, -0.2) is 0 Å². The number of amides is 2. The van der Waals surface area contributed by atoms with Crippen LogP contribution in [0.3, 0.4) is 0 Å². The van der Waals surface area contributed by atoms with Gasteiger partial charge in [-0.3, -0.25) is 9.59 Å². The highest BCUT2D eigenvalue weighted by Gasteiger charge is 2.25. The largest absolute Gasteiger partial charge is 0.337 e. The van der Waals surface area contributed by atoms with E-state index in [-0.39, 0.29) is 11.8 Å². The van der Waals surface area contributed by atoms with E-state index in [1.165, 1.54) is 18.3 Å². The van der Waals surface area contributed by atoms with E-state index >= 15 is 0 Å². The summed E-state index contributed by atoms with van der Waals surface area (Å²) in [4.78, 5) is 25.2. The van der Waals surface area contributed by atoms with Gasteiger partial charge in [-0.2, -0.15) is 5.26 Å². The van der Waals surface area contributed by atoms with Crippen LogP contribution in [0, 0.1) is 11.3 Å². The fourth-order valence-corrected chi connectivity index (χ4v) is 3.30. The maximum atomic E-state index is 11.3. The molecule has 0 bridgehead atoms. The van der Waals surface area contributed by atoms with Crippen LogP contribution < -0.4 is 5.32 Å². The molecule has 1 aromatic heterocycles. The molecule has 0 atom stereocenters. The number of nitriles is 1. The second kappa shape index (κ2) is 4.78. The number of hydrogen-bond donors (Lipinski definition) is 1. The Labute approximate surface area is 109 Å². The van der Waals surface area contributed by atoms with Crippen molar-refractivity contribution in [3.8, 4) is 6.07 Å². The topological polar surface area (TPSA) is 73.2 Å². The molecule has 0 spiro atoms. The first-order valence-electron chi connectivity index (χ1n) is 5.60. The first-order valence-corrected chi connectivity index (χ1v) is 6.42. The zero-order valence-corrected chi connectivity index (χ0v) is 11.1. The Hall–Kier alpha value is -1.87. The highest BCUT2D eigenvalue weighted by molar-refractivity contribution is 7.16. The van der Waals surface area contributed by atoms with Crippen LogP contribution in [-0.4, -0.2) is 23.3 Å². The van der Waals surface area contributed by atoms with Crippen LogP contribution in [0.1, 0.15) is 29.9 Å². The summed E-state index contributed by atoms with van der Waals surface area (Å²) in [6.07, 6.45) is 0.674. The molecule has 0 fully saturated rings. The Morgan fingerprint density at radius 1 is 1.44 bits per heavy atom. The van der Waals surface area contributed by atoms with Crippen molar-refractivity contribution in [2.45, 2.75) is 26.8 Å². The normalized spacial score (nSPS) is 13.7. The van der Waals surface area contributed by atoms with Crippen LogP contribution in [0.2, 0.25) is 0 Å². The molecule has 2 amide bonds. The maximum Gasteiger partial charge on any atom is 0.221 e. The van der Waals surface area contributed by atoms with Crippen molar-refractivity contribution in [1.29, 1.82) is 5.26 Å². The van der Waals surface area contributed by atoms with Gasteiger partial charge in [0.1, 0.15) is 11.1 Å². The van der Waals surface area contributed by atoms with Crippen LogP contribution >= 0.6 is 11.3 Å². The second-order valence-corrected chi connectivity index (χ2v) is 5.30. The van der Waals surface area contributed by atoms with E-state index in [1.54, 1.807) is 11.8 Å². The summed E-state index contributed by atoms with van der Waals surface area (Å²) in [6.45, 7) is 4.12. The molecule has 94 valence electrons. The third kappa shape index (κ3) is 2.22. The molecule has 1 N–H and O–H groups in total. The number of anilines is 1. The quantitative estimate of drug-likeness (QED) is 0.834. The fraction of sp³-hybridized carbons (Fsp3) is 0.417. The van der Waals surface area contributed by atoms with Gasteiger partial charge in [-0.1, -0.05) is 0 Å². The monoisotopic (exact) mass is 263 g/mol. The van der Waals surface area contributed by atoms with Gasteiger partial charge in [0.05, 0.1) is 12.1 Å². The summed E-state index contributed by atoms with van der Waals surface area (Å²) in [7, 11) is 0. The smallest absolute Gasteiger partial charge is 0.221 e. The van der Waals surface area contributed by atoms with E-state index in [0.29, 0.717) is 30.1 Å². The molecule has 1 aliphatic rings. The Bertz CT molecular complexity index is 556. The van der Waals surface area contributed by atoms with Gasteiger partial charge < -0.3 is 10.2 Å². The molecule has 0 saturated heterocycles. The molecular formula is C12H13N3O2S. The number of nitrogens with zero attached hydrogens (tertiary/aromatic N) is 2. The predicted molar refractivity (Wildman–Crippen MR) is 68.1 cm³/mol. The second-order valence-electron chi connectivity index (χ2n) is 4.19. The zero-order valence-electron chi connectivity index (χ0n) is 10.2. The van der Waals surface area contributed by atoms with Crippen molar-refractivity contribution in [3.63, 3.8) is 0 Å². The van der Waals surface area contributed by atoms with Gasteiger partial charge >= 0.3 is 0 Å². The number of nitrogens with one attached hydrogen (secondary N) is 1. The molecule has 2 rings (SSSR count). The zero-order chi connectivity index (χ0) is 13.3. The average Bonchev–Trinajstić information content (AvgIpc) is 2.63. The van der Waals surface area contributed by atoms with Gasteiger partial charge in [-0.15, -0.1) is 11.3 Å². The van der Waals surface area contributed by atoms with Crippen LogP contribution in [0.25, 0.3) is 0 Å². The molecule has 0 aliphatic carbocycles. The first kappa shape index (κ1) is 12.6. The molecule has 0 saturated carbocycles. The van der Waals surface area contributed by atoms with Crippen LogP contribution in [0.5, 0.6) is 0 Å². The lowest BCUT2D eigenvalue weighted by Crippen LogP contribution is -2.33. The molecule has 0 aromatic carbocycles. The molecule has 1 aromatic rings. The first-order chi connectivity index (χ1) is 8.52. The third-order valence-corrected chi connectivity index (χ3v) is 4.04. The maximum absolute atomic E-state index is 11.3. The number of carbonyl (C=O) groups is 2. The minimum absolute atomic E-state index is 0.0358. The van der Waals surface area contributed by atoms with Gasteiger partial charge in [0.2, 0.25) is 11.8 Å². The van der Waals surface area contributed by atoms with E-state index in [1.807, 2.05) is 0 Å². The Kier molecular flexibility index (Phi) is 3.34. The fourth-order valence-electron chi connectivity index (χ4n) is 2.04. The Morgan fingerprint density at radius 3 is 2.72 bits per heavy atom. The van der Waals surface area contributed by atoms with Gasteiger partial charge in [-0.05, 0) is 12.0 Å². The minimum Gasteiger partial charge on any atom is -0.337 e. The molecule has 5 nitrogen and oxygen atoms in total. The summed E-state index contributed by atoms with van der Waals surface area (Å²) >= 11 is 1.39. The van der Waals surface area contributed by atoms with Crippen molar-refractivity contribution < 1.29 is 9.59 Å². The molecule has 0 radical (unpaired) electrons. The predicted octanol–water partition coefficient (Wildman–Crippen LogP) is 1.48. The highest BCUT2D eigenvalue weighted by Crippen LogP contribution is 2.36. The number of hydrogen-bond acceptors (Lipinski definition) is 4. The molecule has 1 aliphatic heterocycles. The van der Waals surface area contributed by atoms with E-state index in [4.69, 9.17) is 0 Å². The standard InChI is InChI=1S/C12H13N3O2S/c1-7(16)14-12-10(5-13)9-3-4-15(8(2)17)6-11(9)18-12/h3-4,6H2,1-2H3,(H,14,16). The number of fused-ring (bicyclic) bond motifs is 1. The molecule has 2 heterocycles. The molecular weight excluding hydrogens is 250 g/mol. The molecule has 18 heavy (non-hydrogen) atoms. The molecule has 0 unspecified atom stereocenters. The van der Waals surface area contributed by atoms with Crippen LogP contribution in [0.15, 0.2) is 0 Å². The van der Waals surface area contributed by atoms with Crippen LogP contribution in [-0.2, 0) is 22.6 Å². The number of thiophene rings is 1. The lowest BCUT2D eigenvalue weighted by Gasteiger charge is -2.25. The van der Waals surface area contributed by atoms with Gasteiger partial charge in [0.25, 0.3) is 0 Å². The SMILES string of the molecule is CC(=O)Nc1sc2c(c1C#N)CCN(C(C)=O)C2. The van der Waals surface area contributed by atoms with E-state index in [2.05, 4.69) is 11.4 Å². The Morgan fingerprint density at radius 2 is 2.17 bits per heavy atom. The van der Waals surface area contributed by atoms with Crippen molar-refractivity contribution >= 4 is 28.2 Å². The number of carbonyl (C=O) groups excluding carboxylic acids is 2.